The summed E-state index contributed by atoms with van der Waals surface area (Å²) >= 11 is 0. The molecule has 2 aliphatic rings. The third-order valence-electron chi connectivity index (χ3n) is 5.26. The normalized spacial score (nSPS) is 19.2. The van der Waals surface area contributed by atoms with Gasteiger partial charge in [0.2, 0.25) is 0 Å². The molecule has 3 aromatic rings. The van der Waals surface area contributed by atoms with Gasteiger partial charge in [-0.3, -0.25) is 5.10 Å². The Morgan fingerprint density at radius 2 is 2.08 bits per heavy atom. The first-order valence-electron chi connectivity index (χ1n) is 8.59. The molecule has 1 heterocycles. The first kappa shape index (κ1) is 13.6. The highest BCUT2D eigenvalue weighted by atomic mass is 15.1. The molecule has 0 radical (unpaired) electrons. The zero-order valence-corrected chi connectivity index (χ0v) is 13.3. The van der Waals surface area contributed by atoms with Crippen LogP contribution in [0.4, 0.5) is 5.69 Å². The molecule has 1 atom stereocenters. The molecule has 1 saturated carbocycles. The molecule has 0 spiro atoms. The Labute approximate surface area is 143 Å². The molecule has 24 heavy (non-hydrogen) atoms. The number of nitriles is 1. The fraction of sp³-hybridized carbons (Fsp3) is 0.300. The lowest BCUT2D eigenvalue weighted by molar-refractivity contribution is 0.762. The van der Waals surface area contributed by atoms with Crippen molar-refractivity contribution in [1.82, 2.24) is 10.2 Å². The van der Waals surface area contributed by atoms with E-state index in [1.807, 2.05) is 12.1 Å². The smallest absolute Gasteiger partial charge is 0.0991 e. The second-order valence-electron chi connectivity index (χ2n) is 6.90. The van der Waals surface area contributed by atoms with E-state index < -0.39 is 0 Å². The van der Waals surface area contributed by atoms with Crippen molar-refractivity contribution in [3.05, 3.63) is 58.8 Å². The van der Waals surface area contributed by atoms with Gasteiger partial charge in [0.1, 0.15) is 0 Å². The standard InChI is InChI=1S/C20H18N4.2H2/c21-11-12-1-6-16-14(9-12)4-7-18(16)22-15-5-8-19-17(10-15)20(24-23-19)13-2-3-13;;/h1,5-6,8-10,13,18,22H,2-4,7H2,(H,23,24);2*1H/t18-;;/m1../s1. The number of H-pyrrole nitrogens is 1. The predicted octanol–water partition coefficient (Wildman–Crippen LogP) is 4.90. The Kier molecular flexibility index (Phi) is 2.90. The van der Waals surface area contributed by atoms with E-state index in [0.29, 0.717) is 12.0 Å². The van der Waals surface area contributed by atoms with E-state index in [4.69, 9.17) is 5.26 Å². The monoisotopic (exact) mass is 318 g/mol. The molecule has 0 aliphatic heterocycles. The average molecular weight is 318 g/mol. The minimum Gasteiger partial charge on any atom is -0.378 e. The Balaban J connectivity index is 0.000000980. The van der Waals surface area contributed by atoms with Gasteiger partial charge in [0.15, 0.2) is 0 Å². The molecule has 0 unspecified atom stereocenters. The summed E-state index contributed by atoms with van der Waals surface area (Å²) in [7, 11) is 0. The number of aromatic amines is 1. The molecule has 0 saturated heterocycles. The summed E-state index contributed by atoms with van der Waals surface area (Å²) in [6.07, 6.45) is 4.64. The van der Waals surface area contributed by atoms with Gasteiger partial charge in [0.25, 0.3) is 0 Å². The van der Waals surface area contributed by atoms with E-state index in [-0.39, 0.29) is 2.85 Å². The van der Waals surface area contributed by atoms with Crippen LogP contribution >= 0.6 is 0 Å². The molecular weight excluding hydrogens is 296 g/mol. The lowest BCUT2D eigenvalue weighted by Gasteiger charge is -2.16. The number of fused-ring (bicyclic) bond motifs is 2. The van der Waals surface area contributed by atoms with Crippen molar-refractivity contribution < 1.29 is 2.85 Å². The molecule has 4 nitrogen and oxygen atoms in total. The van der Waals surface area contributed by atoms with Crippen LogP contribution < -0.4 is 5.32 Å². The number of nitrogens with one attached hydrogen (secondary N) is 2. The molecule has 2 aliphatic carbocycles. The van der Waals surface area contributed by atoms with E-state index in [9.17, 15) is 0 Å². The van der Waals surface area contributed by atoms with E-state index in [0.717, 1.165) is 29.6 Å². The number of rotatable bonds is 3. The lowest BCUT2D eigenvalue weighted by Crippen LogP contribution is -2.07. The average Bonchev–Trinajstić information content (AvgIpc) is 3.25. The van der Waals surface area contributed by atoms with Crippen LogP contribution in [0.5, 0.6) is 0 Å². The Bertz CT molecular complexity index is 985. The minimum absolute atomic E-state index is 0. The van der Waals surface area contributed by atoms with Crippen molar-refractivity contribution in [2.24, 2.45) is 0 Å². The van der Waals surface area contributed by atoms with Crippen LogP contribution in [0.2, 0.25) is 0 Å². The van der Waals surface area contributed by atoms with Crippen molar-refractivity contribution >= 4 is 16.6 Å². The van der Waals surface area contributed by atoms with Crippen LogP contribution in [0.15, 0.2) is 36.4 Å². The maximum Gasteiger partial charge on any atom is 0.0991 e. The summed E-state index contributed by atoms with van der Waals surface area (Å²) in [5.74, 6) is 0.668. The van der Waals surface area contributed by atoms with Gasteiger partial charge in [-0.05, 0) is 67.1 Å². The molecule has 1 fully saturated rings. The summed E-state index contributed by atoms with van der Waals surface area (Å²) in [6.45, 7) is 0. The number of hydrogen-bond acceptors (Lipinski definition) is 3. The molecule has 4 heteroatoms. The number of anilines is 1. The third-order valence-corrected chi connectivity index (χ3v) is 5.26. The van der Waals surface area contributed by atoms with Crippen molar-refractivity contribution in [1.29, 1.82) is 5.26 Å². The van der Waals surface area contributed by atoms with Gasteiger partial charge < -0.3 is 5.32 Å². The third kappa shape index (κ3) is 2.16. The minimum atomic E-state index is 0. The highest BCUT2D eigenvalue weighted by Crippen LogP contribution is 2.42. The summed E-state index contributed by atoms with van der Waals surface area (Å²) in [5.41, 5.74) is 6.86. The van der Waals surface area contributed by atoms with E-state index >= 15 is 0 Å². The molecular formula is C20H22N4. The maximum atomic E-state index is 9.05. The number of aryl methyl sites for hydroxylation is 1. The van der Waals surface area contributed by atoms with Crippen molar-refractivity contribution in [3.63, 3.8) is 0 Å². The first-order chi connectivity index (χ1) is 11.8. The molecule has 0 amide bonds. The summed E-state index contributed by atoms with van der Waals surface area (Å²) in [4.78, 5) is 0. The van der Waals surface area contributed by atoms with Crippen molar-refractivity contribution in [2.75, 3.05) is 5.32 Å². The van der Waals surface area contributed by atoms with Crippen LogP contribution in [0, 0.1) is 11.3 Å². The molecule has 2 aromatic carbocycles. The Hall–Kier alpha value is -2.80. The van der Waals surface area contributed by atoms with Crippen LogP contribution in [-0.4, -0.2) is 10.2 Å². The Morgan fingerprint density at radius 3 is 2.92 bits per heavy atom. The SMILES string of the molecule is N#Cc1ccc2c(c1)CC[C@H]2Nc1ccc2n[nH]c(C3CC3)c2c1.[HH].[HH]. The van der Waals surface area contributed by atoms with Crippen molar-refractivity contribution in [3.8, 4) is 6.07 Å². The van der Waals surface area contributed by atoms with Gasteiger partial charge in [-0.2, -0.15) is 10.4 Å². The fourth-order valence-electron chi connectivity index (χ4n) is 3.84. The number of hydrogen-bond donors (Lipinski definition) is 2. The largest absolute Gasteiger partial charge is 0.378 e. The van der Waals surface area contributed by atoms with Crippen LogP contribution in [-0.2, 0) is 6.42 Å². The van der Waals surface area contributed by atoms with Gasteiger partial charge in [-0.1, -0.05) is 6.07 Å². The van der Waals surface area contributed by atoms with Crippen LogP contribution in [0.1, 0.15) is 56.5 Å². The summed E-state index contributed by atoms with van der Waals surface area (Å²) in [5, 5.41) is 21.6. The van der Waals surface area contributed by atoms with Crippen LogP contribution in [0.3, 0.4) is 0 Å². The zero-order valence-electron chi connectivity index (χ0n) is 13.3. The Morgan fingerprint density at radius 1 is 1.17 bits per heavy atom. The van der Waals surface area contributed by atoms with E-state index in [1.54, 1.807) is 0 Å². The fourth-order valence-corrected chi connectivity index (χ4v) is 3.84. The summed E-state index contributed by atoms with van der Waals surface area (Å²) in [6, 6.07) is 15.0. The van der Waals surface area contributed by atoms with E-state index in [1.165, 1.54) is 35.0 Å². The number of benzene rings is 2. The summed E-state index contributed by atoms with van der Waals surface area (Å²) < 4.78 is 0. The number of nitrogens with zero attached hydrogens (tertiary/aromatic N) is 2. The lowest BCUT2D eigenvalue weighted by atomic mass is 10.0. The topological polar surface area (TPSA) is 64.5 Å². The second-order valence-corrected chi connectivity index (χ2v) is 6.90. The molecule has 0 bridgehead atoms. The highest BCUT2D eigenvalue weighted by molar-refractivity contribution is 5.85. The van der Waals surface area contributed by atoms with E-state index in [2.05, 4.69) is 45.8 Å². The van der Waals surface area contributed by atoms with Gasteiger partial charge in [0.05, 0.1) is 23.2 Å². The molecule has 122 valence electrons. The second kappa shape index (κ2) is 5.10. The van der Waals surface area contributed by atoms with Crippen LogP contribution in [0.25, 0.3) is 10.9 Å². The highest BCUT2D eigenvalue weighted by Gasteiger charge is 2.28. The van der Waals surface area contributed by atoms with Gasteiger partial charge in [-0.25, -0.2) is 0 Å². The van der Waals surface area contributed by atoms with Gasteiger partial charge >= 0.3 is 0 Å². The molecule has 1 aromatic heterocycles. The van der Waals surface area contributed by atoms with Gasteiger partial charge in [-0.15, -0.1) is 0 Å². The molecule has 5 rings (SSSR count). The first-order valence-corrected chi connectivity index (χ1v) is 8.59. The zero-order chi connectivity index (χ0) is 16.1. The molecule has 2 N–H and O–H groups in total. The maximum absolute atomic E-state index is 9.05. The quantitative estimate of drug-likeness (QED) is 0.721. The van der Waals surface area contributed by atoms with Gasteiger partial charge in [0, 0.05) is 25.5 Å². The van der Waals surface area contributed by atoms with Crippen molar-refractivity contribution in [2.45, 2.75) is 37.6 Å². The number of aromatic nitrogens is 2. The predicted molar refractivity (Wildman–Crippen MR) is 98.1 cm³/mol.